The molecule has 1 aliphatic rings. The van der Waals surface area contributed by atoms with Gasteiger partial charge in [-0.3, -0.25) is 10.1 Å². The van der Waals surface area contributed by atoms with Crippen LogP contribution in [0.15, 0.2) is 18.2 Å². The van der Waals surface area contributed by atoms with Gasteiger partial charge < -0.3 is 15.7 Å². The molecule has 0 aromatic heterocycles. The highest BCUT2D eigenvalue weighted by atomic mass is 32.3. The lowest BCUT2D eigenvalue weighted by molar-refractivity contribution is -0.384. The van der Waals surface area contributed by atoms with Gasteiger partial charge in [-0.05, 0) is 18.3 Å². The molecule has 1 aromatic rings. The molecule has 1 aliphatic heterocycles. The van der Waals surface area contributed by atoms with Crippen LogP contribution < -0.4 is 10.6 Å². The molecule has 114 valence electrons. The van der Waals surface area contributed by atoms with Crippen molar-refractivity contribution in [3.05, 3.63) is 28.3 Å². The van der Waals surface area contributed by atoms with Gasteiger partial charge in [-0.25, -0.2) is 0 Å². The maximum absolute atomic E-state index is 11.4. The van der Waals surface area contributed by atoms with E-state index in [9.17, 15) is 24.0 Å². The molecule has 1 unspecified atom stereocenters. The van der Waals surface area contributed by atoms with E-state index in [2.05, 4.69) is 10.6 Å². The van der Waals surface area contributed by atoms with Gasteiger partial charge in [0.25, 0.3) is 5.69 Å². The summed E-state index contributed by atoms with van der Waals surface area (Å²) in [6, 6.07) is 3.30. The standard InChI is InChI=1S/C11H13N3O5S2/c15-10-2-1-8(14(16)17)5-9(10)13-11(20)12-7-3-4-21(18,19)6-7/h1-2,5,7H,3-4,6H2,(H3-,12,13,15,18,19,20)/p+1/t7-/m1/s1. The molecule has 2 rings (SSSR count). The third-order valence-corrected chi connectivity index (χ3v) is 5.04. The molecular weight excluding hydrogens is 318 g/mol. The van der Waals surface area contributed by atoms with Crippen LogP contribution in [-0.4, -0.2) is 37.2 Å². The van der Waals surface area contributed by atoms with Gasteiger partial charge in [-0.15, -0.1) is 0 Å². The summed E-state index contributed by atoms with van der Waals surface area (Å²) >= 11 is 5.04. The minimum absolute atomic E-state index is 0.101. The molecule has 8 nitrogen and oxygen atoms in total. The largest absolute Gasteiger partial charge is 0.506 e. The number of nitro benzene ring substituents is 1. The maximum Gasteiger partial charge on any atom is 0.271 e. The molecule has 1 fully saturated rings. The second kappa shape index (κ2) is 5.92. The highest BCUT2D eigenvalue weighted by molar-refractivity contribution is 7.98. The van der Waals surface area contributed by atoms with Gasteiger partial charge in [0.2, 0.25) is 10.2 Å². The predicted molar refractivity (Wildman–Crippen MR) is 82.9 cm³/mol. The SMILES string of the molecule is O=[N+]([O-])c1ccc(O)c(NC(=S)N[C@@H]2CC[S+](=O)(O)C2)c1. The number of phenols is 1. The average Bonchev–Trinajstić information content (AvgIpc) is 2.71. The third kappa shape index (κ3) is 4.09. The molecule has 0 amide bonds. The van der Waals surface area contributed by atoms with E-state index in [0.717, 1.165) is 6.07 Å². The second-order valence-corrected chi connectivity index (χ2v) is 7.38. The number of nitrogens with zero attached hydrogens (tertiary/aromatic N) is 1. The van der Waals surface area contributed by atoms with Crippen LogP contribution in [0, 0.1) is 10.1 Å². The van der Waals surface area contributed by atoms with E-state index < -0.39 is 15.1 Å². The molecule has 0 saturated carbocycles. The van der Waals surface area contributed by atoms with Crippen molar-refractivity contribution in [2.75, 3.05) is 16.8 Å². The van der Waals surface area contributed by atoms with Gasteiger partial charge in [-0.1, -0.05) is 4.21 Å². The Morgan fingerprint density at radius 1 is 1.52 bits per heavy atom. The minimum atomic E-state index is -2.78. The van der Waals surface area contributed by atoms with Crippen LogP contribution in [0.2, 0.25) is 0 Å². The van der Waals surface area contributed by atoms with Crippen LogP contribution in [-0.2, 0) is 14.4 Å². The van der Waals surface area contributed by atoms with Crippen molar-refractivity contribution in [1.82, 2.24) is 5.32 Å². The Morgan fingerprint density at radius 3 is 2.81 bits per heavy atom. The highest BCUT2D eigenvalue weighted by Gasteiger charge is 2.38. The first-order valence-electron chi connectivity index (χ1n) is 6.04. The van der Waals surface area contributed by atoms with Gasteiger partial charge >= 0.3 is 0 Å². The Hall–Kier alpha value is -1.78. The topological polar surface area (TPSA) is 125 Å². The summed E-state index contributed by atoms with van der Waals surface area (Å²) in [5.74, 6) is 0.146. The summed E-state index contributed by atoms with van der Waals surface area (Å²) in [5.41, 5.74) is -0.0817. The van der Waals surface area contributed by atoms with Gasteiger partial charge in [0.1, 0.15) is 11.5 Å². The van der Waals surface area contributed by atoms with Crippen LogP contribution in [0.3, 0.4) is 0 Å². The zero-order chi connectivity index (χ0) is 15.6. The van der Waals surface area contributed by atoms with Gasteiger partial charge in [-0.2, -0.15) is 4.55 Å². The minimum Gasteiger partial charge on any atom is -0.506 e. The Balaban J connectivity index is 2.01. The number of thiocarbonyl (C=S) groups is 1. The number of benzene rings is 1. The first-order chi connectivity index (χ1) is 9.77. The Kier molecular flexibility index (Phi) is 4.40. The number of nitrogens with one attached hydrogen (secondary N) is 2. The quantitative estimate of drug-likeness (QED) is 0.215. The molecule has 4 N–H and O–H groups in total. The van der Waals surface area contributed by atoms with Crippen molar-refractivity contribution in [1.29, 1.82) is 0 Å². The van der Waals surface area contributed by atoms with Crippen molar-refractivity contribution in [3.63, 3.8) is 0 Å². The fourth-order valence-electron chi connectivity index (χ4n) is 2.00. The number of anilines is 1. The fraction of sp³-hybridized carbons (Fsp3) is 0.364. The fourth-order valence-corrected chi connectivity index (χ4v) is 3.98. The summed E-state index contributed by atoms with van der Waals surface area (Å²) < 4.78 is 20.9. The summed E-state index contributed by atoms with van der Waals surface area (Å²) in [5, 5.41) is 26.0. The highest BCUT2D eigenvalue weighted by Crippen LogP contribution is 2.27. The molecule has 21 heavy (non-hydrogen) atoms. The van der Waals surface area contributed by atoms with Gasteiger partial charge in [0.15, 0.2) is 10.9 Å². The van der Waals surface area contributed by atoms with Crippen molar-refractivity contribution < 1.29 is 18.8 Å². The monoisotopic (exact) mass is 332 g/mol. The normalized spacial score (nSPS) is 24.5. The van der Waals surface area contributed by atoms with Crippen molar-refractivity contribution in [2.24, 2.45) is 0 Å². The molecule has 0 bridgehead atoms. The number of hydrogen-bond acceptors (Lipinski definition) is 5. The summed E-state index contributed by atoms with van der Waals surface area (Å²) in [6.45, 7) is 0. The number of rotatable bonds is 3. The van der Waals surface area contributed by atoms with E-state index in [-0.39, 0.29) is 39.8 Å². The van der Waals surface area contributed by atoms with Crippen molar-refractivity contribution >= 4 is 38.9 Å². The molecule has 1 heterocycles. The molecule has 0 aliphatic carbocycles. The Morgan fingerprint density at radius 2 is 2.24 bits per heavy atom. The van der Waals surface area contributed by atoms with Crippen molar-refractivity contribution in [2.45, 2.75) is 12.5 Å². The van der Waals surface area contributed by atoms with Gasteiger partial charge in [0, 0.05) is 18.6 Å². The first-order valence-corrected chi connectivity index (χ1v) is 8.30. The lowest BCUT2D eigenvalue weighted by atomic mass is 10.2. The number of nitro groups is 1. The zero-order valence-electron chi connectivity index (χ0n) is 10.8. The number of non-ortho nitro benzene ring substituents is 1. The molecule has 2 atom stereocenters. The number of hydrogen-bond donors (Lipinski definition) is 4. The summed E-state index contributed by atoms with van der Waals surface area (Å²) in [7, 11) is -2.78. The van der Waals surface area contributed by atoms with E-state index in [4.69, 9.17) is 12.2 Å². The molecule has 1 saturated heterocycles. The first kappa shape index (κ1) is 15.6. The van der Waals surface area contributed by atoms with Crippen LogP contribution >= 0.6 is 12.2 Å². The second-order valence-electron chi connectivity index (χ2n) is 4.69. The van der Waals surface area contributed by atoms with E-state index in [1.807, 2.05) is 0 Å². The predicted octanol–water partition coefficient (Wildman–Crippen LogP) is 1.33. The summed E-state index contributed by atoms with van der Waals surface area (Å²) in [6.07, 6.45) is 0.512. The van der Waals surface area contributed by atoms with Crippen LogP contribution in [0.4, 0.5) is 11.4 Å². The molecule has 0 spiro atoms. The zero-order valence-corrected chi connectivity index (χ0v) is 12.4. The van der Waals surface area contributed by atoms with E-state index >= 15 is 0 Å². The van der Waals surface area contributed by atoms with Crippen LogP contribution in [0.25, 0.3) is 0 Å². The van der Waals surface area contributed by atoms with E-state index in [0.29, 0.717) is 6.42 Å². The third-order valence-electron chi connectivity index (χ3n) is 3.02. The van der Waals surface area contributed by atoms with Crippen LogP contribution in [0.5, 0.6) is 5.75 Å². The summed E-state index contributed by atoms with van der Waals surface area (Å²) in [4.78, 5) is 10.1. The average molecular weight is 332 g/mol. The van der Waals surface area contributed by atoms with Gasteiger partial charge in [0.05, 0.1) is 16.7 Å². The molecule has 10 heteroatoms. The number of phenolic OH excluding ortho intramolecular Hbond substituents is 1. The van der Waals surface area contributed by atoms with Crippen LogP contribution in [0.1, 0.15) is 6.42 Å². The maximum atomic E-state index is 11.4. The molecule has 0 radical (unpaired) electrons. The lowest BCUT2D eigenvalue weighted by Gasteiger charge is -2.14. The molecule has 1 aromatic carbocycles. The smallest absolute Gasteiger partial charge is 0.271 e. The van der Waals surface area contributed by atoms with E-state index in [1.165, 1.54) is 12.1 Å². The lowest BCUT2D eigenvalue weighted by Crippen LogP contribution is -2.38. The Labute approximate surface area is 127 Å². The Bertz CT molecular complexity index is 636. The number of aromatic hydroxyl groups is 1. The van der Waals surface area contributed by atoms with Crippen molar-refractivity contribution in [3.8, 4) is 5.75 Å². The molecular formula is C11H14N3O5S2+. The van der Waals surface area contributed by atoms with E-state index in [1.54, 1.807) is 0 Å².